The lowest BCUT2D eigenvalue weighted by atomic mass is 10.2. The molecule has 0 aliphatic carbocycles. The lowest BCUT2D eigenvalue weighted by molar-refractivity contribution is -0.138. The molecule has 0 aliphatic rings. The lowest BCUT2D eigenvalue weighted by Gasteiger charge is -2.24. The molecule has 3 nitrogen and oxygen atoms in total. The maximum absolute atomic E-state index is 10.7. The Morgan fingerprint density at radius 2 is 2.38 bits per heavy atom. The molecule has 0 amide bonds. The van der Waals surface area contributed by atoms with E-state index in [1.165, 1.54) is 4.88 Å². The van der Waals surface area contributed by atoms with E-state index >= 15 is 0 Å². The topological polar surface area (TPSA) is 40.5 Å². The quantitative estimate of drug-likeness (QED) is 0.798. The summed E-state index contributed by atoms with van der Waals surface area (Å²) in [5, 5.41) is 8.80. The number of hydrogen-bond donors (Lipinski definition) is 1. The fraction of sp³-hybridized carbons (Fsp3) is 0.417. The molecule has 0 aliphatic heterocycles. The molecule has 1 atom stereocenters. The molecule has 1 aromatic rings. The van der Waals surface area contributed by atoms with E-state index in [2.05, 4.69) is 5.92 Å². The number of rotatable bonds is 5. The van der Waals surface area contributed by atoms with Crippen molar-refractivity contribution in [1.82, 2.24) is 4.90 Å². The maximum Gasteiger partial charge on any atom is 0.317 e. The van der Waals surface area contributed by atoms with Crippen LogP contribution >= 0.6 is 11.3 Å². The van der Waals surface area contributed by atoms with Crippen molar-refractivity contribution in [1.29, 1.82) is 0 Å². The number of hydrogen-bond acceptors (Lipinski definition) is 3. The molecule has 1 aromatic heterocycles. The van der Waals surface area contributed by atoms with E-state index in [9.17, 15) is 4.79 Å². The molecule has 1 unspecified atom stereocenters. The Bertz CT molecular complexity index is 405. The van der Waals surface area contributed by atoms with Crippen molar-refractivity contribution in [3.8, 4) is 12.3 Å². The van der Waals surface area contributed by atoms with Gasteiger partial charge in [0.05, 0.1) is 13.1 Å². The van der Waals surface area contributed by atoms with Gasteiger partial charge in [0.2, 0.25) is 0 Å². The Labute approximate surface area is 99.7 Å². The first-order valence-electron chi connectivity index (χ1n) is 5.00. The highest BCUT2D eigenvalue weighted by atomic mass is 32.1. The SMILES string of the molecule is C#CCN(CC(=O)O)C(C)c1ccc(C)s1. The molecule has 0 radical (unpaired) electrons. The van der Waals surface area contributed by atoms with Crippen molar-refractivity contribution in [2.45, 2.75) is 19.9 Å². The van der Waals surface area contributed by atoms with Crippen molar-refractivity contribution < 1.29 is 9.90 Å². The van der Waals surface area contributed by atoms with Crippen LogP contribution in [0.15, 0.2) is 12.1 Å². The molecule has 0 fully saturated rings. The maximum atomic E-state index is 10.7. The minimum absolute atomic E-state index is 0.0255. The van der Waals surface area contributed by atoms with Gasteiger partial charge in [-0.3, -0.25) is 9.69 Å². The Morgan fingerprint density at radius 1 is 1.69 bits per heavy atom. The first-order valence-corrected chi connectivity index (χ1v) is 5.82. The fourth-order valence-electron chi connectivity index (χ4n) is 1.48. The summed E-state index contributed by atoms with van der Waals surface area (Å²) in [4.78, 5) is 14.9. The van der Waals surface area contributed by atoms with E-state index in [1.54, 1.807) is 16.2 Å². The second kappa shape index (κ2) is 5.69. The summed E-state index contributed by atoms with van der Waals surface area (Å²) in [5.41, 5.74) is 0. The molecule has 86 valence electrons. The van der Waals surface area contributed by atoms with Crippen LogP contribution in [0.2, 0.25) is 0 Å². The molecule has 0 saturated carbocycles. The standard InChI is InChI=1S/C12H15NO2S/c1-4-7-13(8-12(14)15)10(3)11-6-5-9(2)16-11/h1,5-6,10H,7-8H2,2-3H3,(H,14,15). The van der Waals surface area contributed by atoms with Crippen molar-refractivity contribution in [3.63, 3.8) is 0 Å². The van der Waals surface area contributed by atoms with Crippen molar-refractivity contribution in [2.24, 2.45) is 0 Å². The summed E-state index contributed by atoms with van der Waals surface area (Å²) in [6.45, 7) is 4.34. The van der Waals surface area contributed by atoms with E-state index in [-0.39, 0.29) is 12.6 Å². The average Bonchev–Trinajstić information content (AvgIpc) is 2.62. The monoisotopic (exact) mass is 237 g/mol. The third-order valence-electron chi connectivity index (χ3n) is 2.35. The Hall–Kier alpha value is -1.31. The number of nitrogens with zero attached hydrogens (tertiary/aromatic N) is 1. The first-order chi connectivity index (χ1) is 7.54. The van der Waals surface area contributed by atoms with Gasteiger partial charge in [-0.25, -0.2) is 0 Å². The Morgan fingerprint density at radius 3 is 2.81 bits per heavy atom. The highest BCUT2D eigenvalue weighted by molar-refractivity contribution is 7.12. The van der Waals surface area contributed by atoms with Gasteiger partial charge >= 0.3 is 5.97 Å². The van der Waals surface area contributed by atoms with Gasteiger partial charge < -0.3 is 5.11 Å². The predicted molar refractivity (Wildman–Crippen MR) is 65.5 cm³/mol. The van der Waals surface area contributed by atoms with Crippen LogP contribution in [-0.2, 0) is 4.79 Å². The molecule has 0 aromatic carbocycles. The zero-order valence-electron chi connectivity index (χ0n) is 9.43. The molecule has 4 heteroatoms. The van der Waals surface area contributed by atoms with Crippen LogP contribution in [0.25, 0.3) is 0 Å². The van der Waals surface area contributed by atoms with Gasteiger partial charge in [-0.1, -0.05) is 5.92 Å². The third-order valence-corrected chi connectivity index (χ3v) is 3.52. The molecule has 1 rings (SSSR count). The molecule has 0 bridgehead atoms. The molecular weight excluding hydrogens is 222 g/mol. The zero-order chi connectivity index (χ0) is 12.1. The summed E-state index contributed by atoms with van der Waals surface area (Å²) in [6, 6.07) is 4.10. The minimum Gasteiger partial charge on any atom is -0.480 e. The second-order valence-electron chi connectivity index (χ2n) is 3.63. The van der Waals surface area contributed by atoms with Crippen LogP contribution in [-0.4, -0.2) is 29.1 Å². The number of aliphatic carboxylic acids is 1. The van der Waals surface area contributed by atoms with Crippen molar-refractivity contribution in [3.05, 3.63) is 21.9 Å². The Kier molecular flexibility index (Phi) is 4.53. The molecule has 1 N–H and O–H groups in total. The average molecular weight is 237 g/mol. The first kappa shape index (κ1) is 12.8. The van der Waals surface area contributed by atoms with Crippen LogP contribution in [0.5, 0.6) is 0 Å². The highest BCUT2D eigenvalue weighted by Gasteiger charge is 2.18. The van der Waals surface area contributed by atoms with Crippen LogP contribution in [0.3, 0.4) is 0 Å². The minimum atomic E-state index is -0.852. The number of aryl methyl sites for hydroxylation is 1. The van der Waals surface area contributed by atoms with Crippen molar-refractivity contribution >= 4 is 17.3 Å². The number of terminal acetylenes is 1. The van der Waals surface area contributed by atoms with Crippen LogP contribution in [0.1, 0.15) is 22.7 Å². The largest absolute Gasteiger partial charge is 0.480 e. The van der Waals surface area contributed by atoms with Gasteiger partial charge in [-0.05, 0) is 26.0 Å². The van der Waals surface area contributed by atoms with Gasteiger partial charge in [0.15, 0.2) is 0 Å². The number of thiophene rings is 1. The molecule has 0 spiro atoms. The Balaban J connectivity index is 2.78. The molecule has 0 saturated heterocycles. The van der Waals surface area contributed by atoms with Gasteiger partial charge in [0, 0.05) is 15.8 Å². The lowest BCUT2D eigenvalue weighted by Crippen LogP contribution is -2.32. The zero-order valence-corrected chi connectivity index (χ0v) is 10.3. The highest BCUT2D eigenvalue weighted by Crippen LogP contribution is 2.26. The van der Waals surface area contributed by atoms with E-state index < -0.39 is 5.97 Å². The number of carboxylic acid groups (broad SMARTS) is 1. The number of carbonyl (C=O) groups is 1. The van der Waals surface area contributed by atoms with Gasteiger partial charge in [-0.15, -0.1) is 17.8 Å². The molecule has 1 heterocycles. The van der Waals surface area contributed by atoms with Gasteiger partial charge in [0.1, 0.15) is 0 Å². The summed E-state index contributed by atoms with van der Waals surface area (Å²) < 4.78 is 0. The van der Waals surface area contributed by atoms with Crippen LogP contribution in [0, 0.1) is 19.3 Å². The van der Waals surface area contributed by atoms with E-state index in [1.807, 2.05) is 26.0 Å². The van der Waals surface area contributed by atoms with Crippen LogP contribution in [0.4, 0.5) is 0 Å². The summed E-state index contributed by atoms with van der Waals surface area (Å²) in [6.07, 6.45) is 5.25. The summed E-state index contributed by atoms with van der Waals surface area (Å²) >= 11 is 1.67. The third kappa shape index (κ3) is 3.37. The summed E-state index contributed by atoms with van der Waals surface area (Å²) in [7, 11) is 0. The predicted octanol–water partition coefficient (Wildman–Crippen LogP) is 2.14. The second-order valence-corrected chi connectivity index (χ2v) is 4.95. The summed E-state index contributed by atoms with van der Waals surface area (Å²) in [5.74, 6) is 1.65. The van der Waals surface area contributed by atoms with E-state index in [0.29, 0.717) is 6.54 Å². The number of carboxylic acids is 1. The smallest absolute Gasteiger partial charge is 0.317 e. The van der Waals surface area contributed by atoms with E-state index in [0.717, 1.165) is 4.88 Å². The van der Waals surface area contributed by atoms with Crippen LogP contribution < -0.4 is 0 Å². The molecule has 16 heavy (non-hydrogen) atoms. The van der Waals surface area contributed by atoms with Gasteiger partial charge in [-0.2, -0.15) is 0 Å². The molecular formula is C12H15NO2S. The van der Waals surface area contributed by atoms with E-state index in [4.69, 9.17) is 11.5 Å². The van der Waals surface area contributed by atoms with Crippen molar-refractivity contribution in [2.75, 3.05) is 13.1 Å². The fourth-order valence-corrected chi connectivity index (χ4v) is 2.44. The normalized spacial score (nSPS) is 12.4. The van der Waals surface area contributed by atoms with Gasteiger partial charge in [0.25, 0.3) is 0 Å².